The molecule has 5 heteroatoms. The van der Waals surface area contributed by atoms with Crippen LogP contribution in [0.15, 0.2) is 42.5 Å². The van der Waals surface area contributed by atoms with Crippen molar-refractivity contribution in [3.63, 3.8) is 0 Å². The molecule has 3 nitrogen and oxygen atoms in total. The van der Waals surface area contributed by atoms with E-state index in [4.69, 9.17) is 5.26 Å². The number of benzene rings is 2. The minimum atomic E-state index is -1.08. The summed E-state index contributed by atoms with van der Waals surface area (Å²) in [5.41, 5.74) is 1.53. The first kappa shape index (κ1) is 17.4. The van der Waals surface area contributed by atoms with Gasteiger partial charge in [-0.1, -0.05) is 30.3 Å². The van der Waals surface area contributed by atoms with Crippen LogP contribution in [-0.4, -0.2) is 29.3 Å². The van der Waals surface area contributed by atoms with Gasteiger partial charge in [0.15, 0.2) is 0 Å². The number of rotatable bonds is 4. The molecule has 1 heterocycles. The van der Waals surface area contributed by atoms with Crippen LogP contribution in [0.3, 0.4) is 0 Å². The van der Waals surface area contributed by atoms with E-state index in [1.807, 2.05) is 41.3 Å². The van der Waals surface area contributed by atoms with Gasteiger partial charge in [-0.05, 0) is 30.7 Å². The van der Waals surface area contributed by atoms with E-state index in [1.54, 1.807) is 0 Å². The van der Waals surface area contributed by atoms with Gasteiger partial charge in [0.05, 0.1) is 6.07 Å². The van der Waals surface area contributed by atoms with E-state index in [0.29, 0.717) is 24.1 Å². The number of phenols is 1. The first-order valence-corrected chi connectivity index (χ1v) is 8.38. The van der Waals surface area contributed by atoms with E-state index in [1.165, 1.54) is 12.1 Å². The number of nitriles is 1. The van der Waals surface area contributed by atoms with Crippen LogP contribution in [0, 0.1) is 23.1 Å². The Bertz CT molecular complexity index is 773. The van der Waals surface area contributed by atoms with Gasteiger partial charge in [0.25, 0.3) is 0 Å². The third-order valence-corrected chi connectivity index (χ3v) is 4.76. The zero-order valence-corrected chi connectivity index (χ0v) is 13.8. The molecule has 0 aromatic heterocycles. The van der Waals surface area contributed by atoms with Gasteiger partial charge in [-0.2, -0.15) is 5.26 Å². The highest BCUT2D eigenvalue weighted by Gasteiger charge is 2.29. The van der Waals surface area contributed by atoms with Crippen LogP contribution in [0.1, 0.15) is 18.4 Å². The van der Waals surface area contributed by atoms with Crippen molar-refractivity contribution in [2.24, 2.45) is 5.92 Å². The Morgan fingerprint density at radius 3 is 2.68 bits per heavy atom. The molecule has 2 unspecified atom stereocenters. The van der Waals surface area contributed by atoms with Gasteiger partial charge < -0.3 is 5.11 Å². The predicted octanol–water partition coefficient (Wildman–Crippen LogP) is 4.27. The molecule has 1 aliphatic rings. The van der Waals surface area contributed by atoms with Crippen molar-refractivity contribution in [2.45, 2.75) is 25.6 Å². The second kappa shape index (κ2) is 7.62. The smallest absolute Gasteiger partial charge is 0.128 e. The standard InChI is InChI=1S/C20H20F2N2O/c21-18-11-17(14-4-2-1-3-5-14)20(25)10-16(18)12-24-9-7-15(6-8-23)19(22)13-24/h1-5,10-11,15,19,25H,6-7,9,12-13H2. The van der Waals surface area contributed by atoms with Crippen LogP contribution < -0.4 is 0 Å². The van der Waals surface area contributed by atoms with Crippen molar-refractivity contribution in [1.29, 1.82) is 5.26 Å². The first-order valence-electron chi connectivity index (χ1n) is 8.38. The van der Waals surface area contributed by atoms with Crippen LogP contribution in [-0.2, 0) is 6.54 Å². The molecule has 0 saturated carbocycles. The summed E-state index contributed by atoms with van der Waals surface area (Å²) in [4.78, 5) is 1.83. The van der Waals surface area contributed by atoms with E-state index in [9.17, 15) is 13.9 Å². The maximum absolute atomic E-state index is 14.5. The van der Waals surface area contributed by atoms with E-state index < -0.39 is 12.0 Å². The van der Waals surface area contributed by atoms with Gasteiger partial charge in [0.1, 0.15) is 17.7 Å². The maximum atomic E-state index is 14.5. The fraction of sp³-hybridized carbons (Fsp3) is 0.350. The number of likely N-dealkylation sites (tertiary alicyclic amines) is 1. The maximum Gasteiger partial charge on any atom is 0.128 e. The molecular weight excluding hydrogens is 322 g/mol. The van der Waals surface area contributed by atoms with Crippen molar-refractivity contribution in [2.75, 3.05) is 13.1 Å². The Morgan fingerprint density at radius 1 is 1.24 bits per heavy atom. The third-order valence-electron chi connectivity index (χ3n) is 4.76. The number of nitrogens with zero attached hydrogens (tertiary/aromatic N) is 2. The van der Waals surface area contributed by atoms with Crippen LogP contribution in [0.5, 0.6) is 5.75 Å². The van der Waals surface area contributed by atoms with Gasteiger partial charge >= 0.3 is 0 Å². The highest BCUT2D eigenvalue weighted by atomic mass is 19.1. The van der Waals surface area contributed by atoms with Crippen molar-refractivity contribution in [3.05, 3.63) is 53.8 Å². The summed E-state index contributed by atoms with van der Waals surface area (Å²) in [6.07, 6.45) is -0.269. The summed E-state index contributed by atoms with van der Waals surface area (Å²) in [5, 5.41) is 19.0. The first-order chi connectivity index (χ1) is 12.1. The predicted molar refractivity (Wildman–Crippen MR) is 92.0 cm³/mol. The molecule has 0 amide bonds. The third kappa shape index (κ3) is 3.97. The Hall–Kier alpha value is -2.45. The number of hydrogen-bond acceptors (Lipinski definition) is 3. The van der Waals surface area contributed by atoms with Crippen LogP contribution in [0.25, 0.3) is 11.1 Å². The summed E-state index contributed by atoms with van der Waals surface area (Å²) in [7, 11) is 0. The van der Waals surface area contributed by atoms with Crippen molar-refractivity contribution in [1.82, 2.24) is 4.90 Å². The number of piperidine rings is 1. The van der Waals surface area contributed by atoms with Crippen LogP contribution in [0.2, 0.25) is 0 Å². The lowest BCUT2D eigenvalue weighted by Crippen LogP contribution is -2.41. The molecule has 3 rings (SSSR count). The molecule has 2 atom stereocenters. The zero-order valence-electron chi connectivity index (χ0n) is 13.8. The van der Waals surface area contributed by atoms with Crippen molar-refractivity contribution < 1.29 is 13.9 Å². The highest BCUT2D eigenvalue weighted by Crippen LogP contribution is 2.32. The van der Waals surface area contributed by atoms with Crippen molar-refractivity contribution in [3.8, 4) is 22.9 Å². The number of phenolic OH excluding ortho intramolecular Hbond substituents is 1. The molecule has 2 aromatic rings. The normalized spacial score (nSPS) is 21.0. The average molecular weight is 342 g/mol. The summed E-state index contributed by atoms with van der Waals surface area (Å²) < 4.78 is 28.6. The molecule has 0 spiro atoms. The van der Waals surface area contributed by atoms with Crippen LogP contribution in [0.4, 0.5) is 8.78 Å². The fourth-order valence-electron chi connectivity index (χ4n) is 3.32. The SMILES string of the molecule is N#CCC1CCN(Cc2cc(O)c(-c3ccccc3)cc2F)CC1F. The molecule has 2 aromatic carbocycles. The largest absolute Gasteiger partial charge is 0.507 e. The molecule has 1 aliphatic heterocycles. The molecule has 25 heavy (non-hydrogen) atoms. The Labute approximate surface area is 146 Å². The number of hydrogen-bond donors (Lipinski definition) is 1. The number of aromatic hydroxyl groups is 1. The number of halogens is 2. The topological polar surface area (TPSA) is 47.3 Å². The van der Waals surface area contributed by atoms with E-state index >= 15 is 0 Å². The lowest BCUT2D eigenvalue weighted by Gasteiger charge is -2.33. The van der Waals surface area contributed by atoms with E-state index in [2.05, 4.69) is 0 Å². The molecule has 0 aliphatic carbocycles. The fourth-order valence-corrected chi connectivity index (χ4v) is 3.32. The lowest BCUT2D eigenvalue weighted by atomic mass is 9.92. The summed E-state index contributed by atoms with van der Waals surface area (Å²) >= 11 is 0. The minimum absolute atomic E-state index is 0.0127. The quantitative estimate of drug-likeness (QED) is 0.902. The molecule has 0 radical (unpaired) electrons. The Morgan fingerprint density at radius 2 is 2.00 bits per heavy atom. The van der Waals surface area contributed by atoms with Gasteiger partial charge in [-0.15, -0.1) is 0 Å². The van der Waals surface area contributed by atoms with Gasteiger partial charge in [-0.3, -0.25) is 4.90 Å². The molecular formula is C20H20F2N2O. The van der Waals surface area contributed by atoms with E-state index in [-0.39, 0.29) is 31.2 Å². The lowest BCUT2D eigenvalue weighted by molar-refractivity contribution is 0.0814. The van der Waals surface area contributed by atoms with E-state index in [0.717, 1.165) is 5.56 Å². The molecule has 1 fully saturated rings. The summed E-state index contributed by atoms with van der Waals surface area (Å²) in [5.74, 6) is -0.634. The molecule has 1 N–H and O–H groups in total. The molecule has 130 valence electrons. The monoisotopic (exact) mass is 342 g/mol. The van der Waals surface area contributed by atoms with Crippen LogP contribution >= 0.6 is 0 Å². The van der Waals surface area contributed by atoms with Crippen molar-refractivity contribution >= 4 is 0 Å². The van der Waals surface area contributed by atoms with Gasteiger partial charge in [0, 0.05) is 36.6 Å². The molecule has 1 saturated heterocycles. The highest BCUT2D eigenvalue weighted by molar-refractivity contribution is 5.70. The number of alkyl halides is 1. The van der Waals surface area contributed by atoms with Gasteiger partial charge in [-0.25, -0.2) is 8.78 Å². The summed E-state index contributed by atoms with van der Waals surface area (Å²) in [6.45, 7) is 1.05. The molecule has 0 bridgehead atoms. The zero-order chi connectivity index (χ0) is 17.8. The average Bonchev–Trinajstić information content (AvgIpc) is 2.61. The Kier molecular flexibility index (Phi) is 5.30. The second-order valence-corrected chi connectivity index (χ2v) is 6.49. The van der Waals surface area contributed by atoms with Gasteiger partial charge in [0.2, 0.25) is 0 Å². The minimum Gasteiger partial charge on any atom is -0.507 e. The Balaban J connectivity index is 1.74. The summed E-state index contributed by atoms with van der Waals surface area (Å²) in [6, 6.07) is 13.9. The second-order valence-electron chi connectivity index (χ2n) is 6.49.